The quantitative estimate of drug-likeness (QED) is 0.517. The summed E-state index contributed by atoms with van der Waals surface area (Å²) in [4.78, 5) is 45.4. The minimum Gasteiger partial charge on any atom is -0.341 e. The molecule has 38 heavy (non-hydrogen) atoms. The number of amides is 4. The molecule has 10 heteroatoms. The van der Waals surface area contributed by atoms with Crippen molar-refractivity contribution in [3.63, 3.8) is 0 Å². The van der Waals surface area contributed by atoms with Gasteiger partial charge in [0, 0.05) is 19.6 Å². The molecule has 0 spiro atoms. The Morgan fingerprint density at radius 1 is 1.18 bits per heavy atom. The molecule has 7 nitrogen and oxygen atoms in total. The number of benzene rings is 1. The van der Waals surface area contributed by atoms with Crippen molar-refractivity contribution in [3.05, 3.63) is 59.3 Å². The summed E-state index contributed by atoms with van der Waals surface area (Å²) in [5.41, 5.74) is -0.740. The van der Waals surface area contributed by atoms with E-state index in [-0.39, 0.29) is 36.1 Å². The number of carbonyl (C=O) groups excluding carboxylic acids is 3. The second kappa shape index (κ2) is 10.8. The van der Waals surface area contributed by atoms with Gasteiger partial charge in [-0.1, -0.05) is 45.0 Å². The van der Waals surface area contributed by atoms with Crippen molar-refractivity contribution in [2.24, 2.45) is 11.8 Å². The number of rotatable bonds is 7. The molecule has 1 fully saturated rings. The first kappa shape index (κ1) is 27.7. The highest BCUT2D eigenvalue weighted by Gasteiger charge is 2.49. The Morgan fingerprint density at radius 2 is 1.84 bits per heavy atom. The molecule has 3 aliphatic heterocycles. The molecule has 0 radical (unpaired) electrons. The number of nitrogens with zero attached hydrogens (tertiary/aromatic N) is 3. The Hall–Kier alpha value is -3.30. The largest absolute Gasteiger partial charge is 0.416 e. The highest BCUT2D eigenvalue weighted by molar-refractivity contribution is 6.03. The Kier molecular flexibility index (Phi) is 7.90. The monoisotopic (exact) mass is 532 g/mol. The minimum atomic E-state index is -4.68. The van der Waals surface area contributed by atoms with Crippen LogP contribution < -0.4 is 5.32 Å². The SMILES string of the molecule is C=CCN1C(=O)N[C@@H](c2ccccc2C(F)(F)F)C2=C1CN([C@H](CC(C)C)C(=O)N1CCC(C)CC1)C2=O. The van der Waals surface area contributed by atoms with Gasteiger partial charge in [0.15, 0.2) is 0 Å². The molecule has 0 aromatic heterocycles. The van der Waals surface area contributed by atoms with Crippen molar-refractivity contribution in [3.8, 4) is 0 Å². The molecule has 1 aromatic carbocycles. The van der Waals surface area contributed by atoms with E-state index < -0.39 is 35.8 Å². The molecule has 0 aliphatic carbocycles. The summed E-state index contributed by atoms with van der Waals surface area (Å²) in [5.74, 6) is -0.0751. The van der Waals surface area contributed by atoms with Crippen LogP contribution in [0, 0.1) is 11.8 Å². The molecule has 1 N–H and O–H groups in total. The Labute approximate surface area is 221 Å². The molecule has 4 amide bonds. The van der Waals surface area contributed by atoms with Crippen LogP contribution in [0.5, 0.6) is 0 Å². The van der Waals surface area contributed by atoms with Crippen LogP contribution in [0.3, 0.4) is 0 Å². The molecule has 2 atom stereocenters. The van der Waals surface area contributed by atoms with Gasteiger partial charge in [-0.05, 0) is 42.7 Å². The number of piperidine rings is 1. The number of carbonyl (C=O) groups is 3. The molecular formula is C28H35F3N4O3. The summed E-state index contributed by atoms with van der Waals surface area (Å²) < 4.78 is 41.8. The first-order valence-corrected chi connectivity index (χ1v) is 13.1. The molecule has 0 unspecified atom stereocenters. The van der Waals surface area contributed by atoms with E-state index in [2.05, 4.69) is 18.8 Å². The van der Waals surface area contributed by atoms with Crippen molar-refractivity contribution in [1.29, 1.82) is 0 Å². The molecule has 4 rings (SSSR count). The maximum atomic E-state index is 14.0. The highest BCUT2D eigenvalue weighted by atomic mass is 19.4. The summed E-state index contributed by atoms with van der Waals surface area (Å²) in [6.07, 6.45) is -1.02. The van der Waals surface area contributed by atoms with Gasteiger partial charge in [0.25, 0.3) is 5.91 Å². The molecule has 0 bridgehead atoms. The maximum absolute atomic E-state index is 14.0. The molecule has 3 aliphatic rings. The van der Waals surface area contributed by atoms with Crippen LogP contribution in [0.25, 0.3) is 0 Å². The second-order valence-corrected chi connectivity index (χ2v) is 10.8. The summed E-state index contributed by atoms with van der Waals surface area (Å²) >= 11 is 0. The number of urea groups is 1. The average molecular weight is 533 g/mol. The van der Waals surface area contributed by atoms with Crippen LogP contribution in [0.2, 0.25) is 0 Å². The summed E-state index contributed by atoms with van der Waals surface area (Å²) in [6, 6.07) is 2.26. The molecule has 206 valence electrons. The molecule has 1 saturated heterocycles. The number of alkyl halides is 3. The predicted octanol–water partition coefficient (Wildman–Crippen LogP) is 4.73. The molecule has 1 aromatic rings. The number of halogens is 3. The Bertz CT molecular complexity index is 1140. The summed E-state index contributed by atoms with van der Waals surface area (Å²) in [7, 11) is 0. The van der Waals surface area contributed by atoms with Gasteiger partial charge in [0.1, 0.15) is 6.04 Å². The normalized spacial score (nSPS) is 21.7. The summed E-state index contributed by atoms with van der Waals surface area (Å²) in [5, 5.41) is 2.62. The highest BCUT2D eigenvalue weighted by Crippen LogP contribution is 2.42. The predicted molar refractivity (Wildman–Crippen MR) is 137 cm³/mol. The van der Waals surface area contributed by atoms with Crippen molar-refractivity contribution in [2.45, 2.75) is 58.3 Å². The second-order valence-electron chi connectivity index (χ2n) is 10.8. The minimum absolute atomic E-state index is 0.0342. The van der Waals surface area contributed by atoms with Gasteiger partial charge in [0.05, 0.1) is 29.4 Å². The lowest BCUT2D eigenvalue weighted by Crippen LogP contribution is -2.52. The zero-order valence-electron chi connectivity index (χ0n) is 22.1. The topological polar surface area (TPSA) is 73.0 Å². The third-order valence-electron chi connectivity index (χ3n) is 7.59. The van der Waals surface area contributed by atoms with Crippen molar-refractivity contribution in [1.82, 2.24) is 20.0 Å². The Morgan fingerprint density at radius 3 is 2.45 bits per heavy atom. The molecule has 0 saturated carbocycles. The lowest BCUT2D eigenvalue weighted by Gasteiger charge is -2.37. The third-order valence-corrected chi connectivity index (χ3v) is 7.59. The Balaban J connectivity index is 1.75. The smallest absolute Gasteiger partial charge is 0.341 e. The maximum Gasteiger partial charge on any atom is 0.416 e. The van der Waals surface area contributed by atoms with Crippen molar-refractivity contribution < 1.29 is 27.6 Å². The zero-order chi connectivity index (χ0) is 27.8. The van der Waals surface area contributed by atoms with Crippen LogP contribution in [0.1, 0.15) is 57.2 Å². The van der Waals surface area contributed by atoms with E-state index in [4.69, 9.17) is 0 Å². The van der Waals surface area contributed by atoms with E-state index in [1.807, 2.05) is 13.8 Å². The fraction of sp³-hybridized carbons (Fsp3) is 0.536. The fourth-order valence-corrected chi connectivity index (χ4v) is 5.58. The standard InChI is InChI=1S/C28H35F3N4O3/c1-5-12-34-22-16-35(21(15-17(2)3)25(36)33-13-10-18(4)11-14-33)26(37)23(22)24(32-27(34)38)19-8-6-7-9-20(19)28(29,30)31/h5-9,17-18,21,24H,1,10-16H2,2-4H3,(H,32,38)/t21-,24+/m1/s1. The van der Waals surface area contributed by atoms with E-state index in [9.17, 15) is 27.6 Å². The van der Waals surface area contributed by atoms with Crippen molar-refractivity contribution >= 4 is 17.8 Å². The number of hydrogen-bond donors (Lipinski definition) is 1. The van der Waals surface area contributed by atoms with E-state index in [0.717, 1.165) is 18.9 Å². The van der Waals surface area contributed by atoms with E-state index in [1.165, 1.54) is 34.1 Å². The summed E-state index contributed by atoms with van der Waals surface area (Å²) in [6.45, 7) is 11.0. The molecule has 3 heterocycles. The van der Waals surface area contributed by atoms with Crippen LogP contribution in [-0.2, 0) is 15.8 Å². The first-order valence-electron chi connectivity index (χ1n) is 13.1. The number of likely N-dealkylation sites (tertiary alicyclic amines) is 1. The van der Waals surface area contributed by atoms with E-state index in [0.29, 0.717) is 31.1 Å². The molecular weight excluding hydrogens is 497 g/mol. The van der Waals surface area contributed by atoms with Crippen LogP contribution in [0.15, 0.2) is 48.2 Å². The van der Waals surface area contributed by atoms with Gasteiger partial charge >= 0.3 is 12.2 Å². The van der Waals surface area contributed by atoms with Crippen LogP contribution in [-0.4, -0.2) is 64.8 Å². The lowest BCUT2D eigenvalue weighted by molar-refractivity contribution is -0.144. The first-order chi connectivity index (χ1) is 17.9. The van der Waals surface area contributed by atoms with Gasteiger partial charge in [-0.15, -0.1) is 6.58 Å². The average Bonchev–Trinajstić information content (AvgIpc) is 3.20. The van der Waals surface area contributed by atoms with Gasteiger partial charge in [0.2, 0.25) is 5.91 Å². The lowest BCUT2D eigenvalue weighted by atomic mass is 9.91. The zero-order valence-corrected chi connectivity index (χ0v) is 22.1. The fourth-order valence-electron chi connectivity index (χ4n) is 5.58. The van der Waals surface area contributed by atoms with Gasteiger partial charge < -0.3 is 15.1 Å². The van der Waals surface area contributed by atoms with Gasteiger partial charge in [-0.3, -0.25) is 14.5 Å². The van der Waals surface area contributed by atoms with E-state index in [1.54, 1.807) is 4.90 Å². The third kappa shape index (κ3) is 5.31. The van der Waals surface area contributed by atoms with Gasteiger partial charge in [-0.2, -0.15) is 13.2 Å². The van der Waals surface area contributed by atoms with Crippen LogP contribution >= 0.6 is 0 Å². The number of hydrogen-bond acceptors (Lipinski definition) is 3. The van der Waals surface area contributed by atoms with Crippen LogP contribution in [0.4, 0.5) is 18.0 Å². The van der Waals surface area contributed by atoms with Crippen molar-refractivity contribution in [2.75, 3.05) is 26.2 Å². The number of nitrogens with one attached hydrogen (secondary N) is 1. The van der Waals surface area contributed by atoms with Gasteiger partial charge in [-0.25, -0.2) is 4.79 Å². The van der Waals surface area contributed by atoms with E-state index >= 15 is 0 Å².